The van der Waals surface area contributed by atoms with E-state index in [1.807, 2.05) is 6.92 Å². The van der Waals surface area contributed by atoms with E-state index in [1.54, 1.807) is 57.2 Å². The Balaban J connectivity index is 1.91. The number of sulfonamides is 1. The second-order valence-electron chi connectivity index (χ2n) is 10.7. The highest BCUT2D eigenvalue weighted by atomic mass is 32.3. The van der Waals surface area contributed by atoms with Crippen molar-refractivity contribution in [2.24, 2.45) is 5.41 Å². The second-order valence-corrected chi connectivity index (χ2v) is 13.8. The molecule has 10 nitrogen and oxygen atoms in total. The first-order valence-corrected chi connectivity index (χ1v) is 15.7. The third kappa shape index (κ3) is 8.37. The van der Waals surface area contributed by atoms with Gasteiger partial charge in [-0.05, 0) is 66.4 Å². The highest BCUT2D eigenvalue weighted by Crippen LogP contribution is 2.31. The minimum atomic E-state index is -4.87. The van der Waals surface area contributed by atoms with E-state index < -0.39 is 55.0 Å². The number of carbonyl (C=O) groups excluding carboxylic acids is 2. The molecule has 0 fully saturated rings. The lowest BCUT2D eigenvalue weighted by Gasteiger charge is -2.39. The number of nitrogens with one attached hydrogen (secondary N) is 2. The van der Waals surface area contributed by atoms with Crippen molar-refractivity contribution in [3.8, 4) is 5.75 Å². The number of nitrogens with zero attached hydrogens (tertiary/aromatic N) is 1. The first-order chi connectivity index (χ1) is 19.5. The molecule has 13 heteroatoms. The van der Waals surface area contributed by atoms with E-state index in [9.17, 15) is 30.3 Å². The van der Waals surface area contributed by atoms with Gasteiger partial charge in [0, 0.05) is 12.2 Å². The molecule has 1 atom stereocenters. The lowest BCUT2D eigenvalue weighted by molar-refractivity contribution is -0.128. The van der Waals surface area contributed by atoms with Gasteiger partial charge in [-0.1, -0.05) is 50.6 Å². The molecule has 0 aliphatic carbocycles. The number of methoxy groups -OCH3 is 1. The van der Waals surface area contributed by atoms with Crippen molar-refractivity contribution >= 4 is 37.7 Å². The first kappa shape index (κ1) is 32.7. The average Bonchev–Trinajstić information content (AvgIpc) is 2.93. The molecule has 0 aliphatic rings. The molecule has 0 saturated carbocycles. The number of benzene rings is 3. The van der Waals surface area contributed by atoms with Gasteiger partial charge in [-0.25, -0.2) is 13.1 Å². The summed E-state index contributed by atoms with van der Waals surface area (Å²) in [6.07, 6.45) is 0. The number of rotatable bonds is 11. The lowest BCUT2D eigenvalue weighted by Crippen LogP contribution is -2.57. The van der Waals surface area contributed by atoms with Gasteiger partial charge in [-0.3, -0.25) is 14.5 Å². The number of aryl methyl sites for hydroxylation is 1. The van der Waals surface area contributed by atoms with Crippen molar-refractivity contribution in [2.45, 2.75) is 50.1 Å². The zero-order chi connectivity index (χ0) is 31.3. The van der Waals surface area contributed by atoms with Gasteiger partial charge in [0.25, 0.3) is 0 Å². The molecule has 2 amide bonds. The number of halogens is 1. The molecule has 42 heavy (non-hydrogen) atoms. The van der Waals surface area contributed by atoms with Crippen molar-refractivity contribution in [3.63, 3.8) is 0 Å². The quantitative estimate of drug-likeness (QED) is 0.312. The van der Waals surface area contributed by atoms with Crippen LogP contribution in [0.25, 0.3) is 0 Å². The summed E-state index contributed by atoms with van der Waals surface area (Å²) in [4.78, 5) is 28.1. The Bertz CT molecular complexity index is 1620. The van der Waals surface area contributed by atoms with Crippen LogP contribution in [0, 0.1) is 12.3 Å². The highest BCUT2D eigenvalue weighted by molar-refractivity contribution is 7.89. The molecule has 0 saturated heterocycles. The molecule has 2 N–H and O–H groups in total. The standard InChI is InChI=1S/C29H34FN3O7S2/c1-20-6-14-25(15-7-20)42(38,39)32-19-26(34)33(22-10-12-23(40-5)13-11-22)27(29(2,3)4)28(35)31-18-21-8-16-24(17-9-21)41(30,36)37/h6-17,27,32H,18-19H2,1-5H3,(H,31,35). The van der Waals surface area contributed by atoms with Gasteiger partial charge in [0.05, 0.1) is 23.4 Å². The minimum Gasteiger partial charge on any atom is -0.497 e. The Morgan fingerprint density at radius 3 is 1.93 bits per heavy atom. The third-order valence-electron chi connectivity index (χ3n) is 6.36. The fourth-order valence-electron chi connectivity index (χ4n) is 4.18. The maximum atomic E-state index is 13.7. The Labute approximate surface area is 246 Å². The largest absolute Gasteiger partial charge is 0.497 e. The van der Waals surface area contributed by atoms with Crippen LogP contribution in [0.5, 0.6) is 5.75 Å². The van der Waals surface area contributed by atoms with Gasteiger partial charge < -0.3 is 10.1 Å². The van der Waals surface area contributed by atoms with Crippen molar-refractivity contribution in [1.82, 2.24) is 10.0 Å². The number of anilines is 1. The topological polar surface area (TPSA) is 139 Å². The summed E-state index contributed by atoms with van der Waals surface area (Å²) >= 11 is 0. The molecule has 0 aromatic heterocycles. The van der Waals surface area contributed by atoms with E-state index >= 15 is 0 Å². The maximum absolute atomic E-state index is 13.7. The SMILES string of the molecule is COc1ccc(N(C(=O)CNS(=O)(=O)c2ccc(C)cc2)C(C(=O)NCc2ccc(S(=O)(=O)F)cc2)C(C)(C)C)cc1. The number of carbonyl (C=O) groups is 2. The predicted molar refractivity (Wildman–Crippen MR) is 157 cm³/mol. The van der Waals surface area contributed by atoms with E-state index in [4.69, 9.17) is 4.74 Å². The highest BCUT2D eigenvalue weighted by Gasteiger charge is 2.40. The molecule has 3 rings (SSSR count). The minimum absolute atomic E-state index is 0.00593. The van der Waals surface area contributed by atoms with E-state index in [-0.39, 0.29) is 11.4 Å². The monoisotopic (exact) mass is 619 g/mol. The van der Waals surface area contributed by atoms with Gasteiger partial charge in [-0.2, -0.15) is 8.42 Å². The van der Waals surface area contributed by atoms with E-state index in [1.165, 1.54) is 36.3 Å². The summed E-state index contributed by atoms with van der Waals surface area (Å²) in [5.41, 5.74) is 0.874. The van der Waals surface area contributed by atoms with Crippen LogP contribution in [-0.4, -0.2) is 48.3 Å². The summed E-state index contributed by atoms with van der Waals surface area (Å²) in [5, 5.41) is 2.76. The normalized spacial score (nSPS) is 12.8. The Morgan fingerprint density at radius 2 is 1.43 bits per heavy atom. The van der Waals surface area contributed by atoms with Crippen LogP contribution in [0.4, 0.5) is 9.57 Å². The number of ether oxygens (including phenoxy) is 1. The van der Waals surface area contributed by atoms with Crippen LogP contribution >= 0.6 is 0 Å². The van der Waals surface area contributed by atoms with E-state index in [2.05, 4.69) is 10.0 Å². The third-order valence-corrected chi connectivity index (χ3v) is 8.61. The van der Waals surface area contributed by atoms with Crippen LogP contribution in [0.3, 0.4) is 0 Å². The Kier molecular flexibility index (Phi) is 10.1. The maximum Gasteiger partial charge on any atom is 0.332 e. The molecule has 3 aromatic rings. The molecule has 0 bridgehead atoms. The van der Waals surface area contributed by atoms with E-state index in [0.29, 0.717) is 17.0 Å². The van der Waals surface area contributed by atoms with Crippen LogP contribution in [0.2, 0.25) is 0 Å². The van der Waals surface area contributed by atoms with Crippen LogP contribution in [0.15, 0.2) is 82.6 Å². The summed E-state index contributed by atoms with van der Waals surface area (Å²) in [6, 6.07) is 16.4. The summed E-state index contributed by atoms with van der Waals surface area (Å²) in [6.45, 7) is 6.45. The fraction of sp³-hybridized carbons (Fsp3) is 0.310. The zero-order valence-corrected chi connectivity index (χ0v) is 25.6. The molecule has 0 radical (unpaired) electrons. The molecule has 3 aromatic carbocycles. The van der Waals surface area contributed by atoms with Crippen molar-refractivity contribution < 1.29 is 35.0 Å². The van der Waals surface area contributed by atoms with Gasteiger partial charge in [0.1, 0.15) is 11.8 Å². The zero-order valence-electron chi connectivity index (χ0n) is 23.9. The number of amides is 2. The molecule has 226 valence electrons. The van der Waals surface area contributed by atoms with Gasteiger partial charge in [-0.15, -0.1) is 3.89 Å². The molecule has 0 heterocycles. The molecule has 1 unspecified atom stereocenters. The fourth-order valence-corrected chi connectivity index (χ4v) is 5.61. The Morgan fingerprint density at radius 1 is 0.881 bits per heavy atom. The summed E-state index contributed by atoms with van der Waals surface area (Å²) < 4.78 is 68.8. The van der Waals surface area contributed by atoms with Crippen molar-refractivity contribution in [1.29, 1.82) is 0 Å². The van der Waals surface area contributed by atoms with Crippen LogP contribution in [0.1, 0.15) is 31.9 Å². The summed E-state index contributed by atoms with van der Waals surface area (Å²) in [5.74, 6) is -0.708. The lowest BCUT2D eigenvalue weighted by atomic mass is 9.84. The van der Waals surface area contributed by atoms with E-state index in [0.717, 1.165) is 17.7 Å². The molecule has 0 aliphatic heterocycles. The molecular weight excluding hydrogens is 585 g/mol. The first-order valence-electron chi connectivity index (χ1n) is 12.9. The van der Waals surface area contributed by atoms with Crippen LogP contribution < -0.4 is 19.7 Å². The Hall–Kier alpha value is -3.81. The van der Waals surface area contributed by atoms with Gasteiger partial charge in [0.15, 0.2) is 0 Å². The van der Waals surface area contributed by atoms with Gasteiger partial charge in [0.2, 0.25) is 21.8 Å². The van der Waals surface area contributed by atoms with Gasteiger partial charge >= 0.3 is 10.2 Å². The molecule has 0 spiro atoms. The smallest absolute Gasteiger partial charge is 0.332 e. The molecular formula is C29H34FN3O7S2. The number of hydrogen-bond donors (Lipinski definition) is 2. The summed E-state index contributed by atoms with van der Waals surface area (Å²) in [7, 11) is -7.41. The van der Waals surface area contributed by atoms with Crippen molar-refractivity contribution in [3.05, 3.63) is 83.9 Å². The number of hydrogen-bond acceptors (Lipinski definition) is 7. The predicted octanol–water partition coefficient (Wildman–Crippen LogP) is 3.70. The second kappa shape index (κ2) is 13.0. The van der Waals surface area contributed by atoms with Crippen molar-refractivity contribution in [2.75, 3.05) is 18.6 Å². The van der Waals surface area contributed by atoms with Crippen LogP contribution in [-0.2, 0) is 36.4 Å². The average molecular weight is 620 g/mol.